The van der Waals surface area contributed by atoms with E-state index in [0.717, 1.165) is 4.70 Å². The van der Waals surface area contributed by atoms with Crippen molar-refractivity contribution in [1.82, 2.24) is 19.0 Å². The van der Waals surface area contributed by atoms with Gasteiger partial charge in [-0.2, -0.15) is 0 Å². The highest BCUT2D eigenvalue weighted by Crippen LogP contribution is 2.19. The van der Waals surface area contributed by atoms with Crippen molar-refractivity contribution in [2.24, 2.45) is 0 Å². The zero-order valence-corrected chi connectivity index (χ0v) is 19.9. The lowest BCUT2D eigenvalue weighted by Gasteiger charge is -2.08. The third kappa shape index (κ3) is 5.39. The van der Waals surface area contributed by atoms with E-state index in [1.54, 1.807) is 54.7 Å². The second-order valence-corrected chi connectivity index (χ2v) is 9.05. The number of rotatable bonds is 9. The summed E-state index contributed by atoms with van der Waals surface area (Å²) in [4.78, 5) is 37.3. The standard InChI is InChI=1S/C26H21N5O4S/c32-23(18-7-2-1-3-8-18)15-30-14-20(28-29-30)17-35-21-10-6-9-19(13-21)27-25(33)16-31-26(34)22-11-4-5-12-24(22)36-31/h1-14H,15-17H2,(H,27,33). The number of hydrogen-bond donors (Lipinski definition) is 1. The number of ketones is 1. The Hall–Kier alpha value is -4.57. The van der Waals surface area contributed by atoms with Crippen LogP contribution in [0.25, 0.3) is 10.1 Å². The molecule has 0 aliphatic carbocycles. The molecule has 0 radical (unpaired) electrons. The molecule has 0 atom stereocenters. The van der Waals surface area contributed by atoms with Gasteiger partial charge in [-0.1, -0.05) is 65.3 Å². The second-order valence-electron chi connectivity index (χ2n) is 7.99. The molecule has 0 aliphatic rings. The van der Waals surface area contributed by atoms with E-state index in [4.69, 9.17) is 4.74 Å². The molecule has 0 spiro atoms. The molecule has 5 rings (SSSR count). The molecule has 180 valence electrons. The SMILES string of the molecule is O=C(Cn1sc2ccccc2c1=O)Nc1cccc(OCc2cn(CC(=O)c3ccccc3)nn2)c1. The van der Waals surface area contributed by atoms with E-state index in [2.05, 4.69) is 15.6 Å². The molecule has 9 nitrogen and oxygen atoms in total. The molecular formula is C26H21N5O4S. The van der Waals surface area contributed by atoms with Crippen molar-refractivity contribution in [3.63, 3.8) is 0 Å². The number of fused-ring (bicyclic) bond motifs is 1. The zero-order valence-electron chi connectivity index (χ0n) is 19.0. The summed E-state index contributed by atoms with van der Waals surface area (Å²) in [5, 5.41) is 11.5. The Morgan fingerprint density at radius 3 is 2.58 bits per heavy atom. The minimum atomic E-state index is -0.313. The number of anilines is 1. The average molecular weight is 500 g/mol. The van der Waals surface area contributed by atoms with Crippen molar-refractivity contribution >= 4 is 39.0 Å². The van der Waals surface area contributed by atoms with Crippen LogP contribution in [0.4, 0.5) is 5.69 Å². The van der Waals surface area contributed by atoms with Crippen molar-refractivity contribution < 1.29 is 14.3 Å². The highest BCUT2D eigenvalue weighted by Gasteiger charge is 2.12. The number of Topliss-reactive ketones (excluding diaryl/α,β-unsaturated/α-hetero) is 1. The van der Waals surface area contributed by atoms with Crippen LogP contribution in [0.1, 0.15) is 16.1 Å². The summed E-state index contributed by atoms with van der Waals surface area (Å²) in [5.41, 5.74) is 1.54. The largest absolute Gasteiger partial charge is 0.487 e. The molecule has 5 aromatic rings. The summed E-state index contributed by atoms with van der Waals surface area (Å²) < 4.78 is 9.54. The number of aromatic nitrogens is 4. The molecule has 10 heteroatoms. The van der Waals surface area contributed by atoms with Gasteiger partial charge in [-0.3, -0.25) is 18.3 Å². The third-order valence-corrected chi connectivity index (χ3v) is 6.40. The fourth-order valence-electron chi connectivity index (χ4n) is 3.62. The molecular weight excluding hydrogens is 478 g/mol. The van der Waals surface area contributed by atoms with Crippen LogP contribution in [0.5, 0.6) is 5.75 Å². The molecule has 2 aromatic heterocycles. The molecule has 0 fully saturated rings. The van der Waals surface area contributed by atoms with Crippen LogP contribution >= 0.6 is 11.5 Å². The summed E-state index contributed by atoms with van der Waals surface area (Å²) in [6.07, 6.45) is 1.66. The minimum Gasteiger partial charge on any atom is -0.487 e. The lowest BCUT2D eigenvalue weighted by Crippen LogP contribution is -2.23. The molecule has 36 heavy (non-hydrogen) atoms. The number of ether oxygens (including phenoxy) is 1. The topological polar surface area (TPSA) is 108 Å². The summed E-state index contributed by atoms with van der Waals surface area (Å²) in [7, 11) is 0. The first kappa shape index (κ1) is 23.2. The summed E-state index contributed by atoms with van der Waals surface area (Å²) >= 11 is 1.26. The van der Waals surface area contributed by atoms with E-state index in [-0.39, 0.29) is 36.9 Å². The Labute approximate surface area is 209 Å². The lowest BCUT2D eigenvalue weighted by molar-refractivity contribution is -0.116. The van der Waals surface area contributed by atoms with Crippen LogP contribution in [-0.4, -0.2) is 30.6 Å². The summed E-state index contributed by atoms with van der Waals surface area (Å²) in [5.74, 6) is 0.155. The molecule has 0 aliphatic heterocycles. The zero-order chi connectivity index (χ0) is 24.9. The molecule has 2 heterocycles. The van der Waals surface area contributed by atoms with Gasteiger partial charge in [-0.25, -0.2) is 4.68 Å². The number of hydrogen-bond acceptors (Lipinski definition) is 7. The highest BCUT2D eigenvalue weighted by molar-refractivity contribution is 7.13. The Kier molecular flexibility index (Phi) is 6.67. The lowest BCUT2D eigenvalue weighted by atomic mass is 10.1. The highest BCUT2D eigenvalue weighted by atomic mass is 32.1. The van der Waals surface area contributed by atoms with Gasteiger partial charge >= 0.3 is 0 Å². The van der Waals surface area contributed by atoms with Crippen molar-refractivity contribution in [2.45, 2.75) is 19.7 Å². The van der Waals surface area contributed by atoms with Crippen molar-refractivity contribution in [1.29, 1.82) is 0 Å². The summed E-state index contributed by atoms with van der Waals surface area (Å²) in [6, 6.07) is 23.2. The minimum absolute atomic E-state index is 0.0608. The van der Waals surface area contributed by atoms with Gasteiger partial charge in [0.1, 0.15) is 31.1 Å². The Balaban J connectivity index is 1.16. The molecule has 1 amide bonds. The van der Waals surface area contributed by atoms with E-state index >= 15 is 0 Å². The van der Waals surface area contributed by atoms with Gasteiger partial charge in [-0.15, -0.1) is 5.10 Å². The Bertz CT molecular complexity index is 1590. The van der Waals surface area contributed by atoms with Crippen LogP contribution in [-0.2, 0) is 24.5 Å². The van der Waals surface area contributed by atoms with Crippen molar-refractivity contribution in [3.8, 4) is 5.75 Å². The third-order valence-electron chi connectivity index (χ3n) is 5.33. The maximum Gasteiger partial charge on any atom is 0.268 e. The quantitative estimate of drug-likeness (QED) is 0.310. The normalized spacial score (nSPS) is 10.9. The monoisotopic (exact) mass is 499 g/mol. The van der Waals surface area contributed by atoms with Gasteiger partial charge in [0.05, 0.1) is 16.3 Å². The number of nitrogens with one attached hydrogen (secondary N) is 1. The molecule has 0 bridgehead atoms. The van der Waals surface area contributed by atoms with E-state index in [9.17, 15) is 14.4 Å². The fourth-order valence-corrected chi connectivity index (χ4v) is 4.61. The number of carbonyl (C=O) groups excluding carboxylic acids is 2. The maximum atomic E-state index is 12.5. The van der Waals surface area contributed by atoms with Crippen LogP contribution < -0.4 is 15.6 Å². The molecule has 1 N–H and O–H groups in total. The van der Waals surface area contributed by atoms with Gasteiger partial charge < -0.3 is 10.1 Å². The first-order valence-electron chi connectivity index (χ1n) is 11.1. The number of amides is 1. The molecule has 0 saturated heterocycles. The van der Waals surface area contributed by atoms with Crippen LogP contribution in [0.2, 0.25) is 0 Å². The fraction of sp³-hybridized carbons (Fsp3) is 0.115. The second kappa shape index (κ2) is 10.4. The maximum absolute atomic E-state index is 12.5. The molecule has 3 aromatic carbocycles. The van der Waals surface area contributed by atoms with E-state index in [1.807, 2.05) is 30.3 Å². The first-order chi connectivity index (χ1) is 17.5. The number of benzene rings is 3. The van der Waals surface area contributed by atoms with Gasteiger partial charge in [0.2, 0.25) is 5.91 Å². The van der Waals surface area contributed by atoms with Crippen LogP contribution in [0, 0.1) is 0 Å². The van der Waals surface area contributed by atoms with Crippen LogP contribution in [0.3, 0.4) is 0 Å². The number of nitrogens with zero attached hydrogens (tertiary/aromatic N) is 4. The van der Waals surface area contributed by atoms with Gasteiger partial charge in [0.25, 0.3) is 5.56 Å². The van der Waals surface area contributed by atoms with Crippen LogP contribution in [0.15, 0.2) is 89.9 Å². The Morgan fingerprint density at radius 1 is 0.944 bits per heavy atom. The Morgan fingerprint density at radius 2 is 1.75 bits per heavy atom. The smallest absolute Gasteiger partial charge is 0.268 e. The predicted octanol–water partition coefficient (Wildman–Crippen LogP) is 3.76. The molecule has 0 saturated carbocycles. The summed E-state index contributed by atoms with van der Waals surface area (Å²) in [6.45, 7) is 0.156. The first-order valence-corrected chi connectivity index (χ1v) is 11.9. The number of carbonyl (C=O) groups is 2. The predicted molar refractivity (Wildman–Crippen MR) is 136 cm³/mol. The van der Waals surface area contributed by atoms with Crippen molar-refractivity contribution in [2.75, 3.05) is 5.32 Å². The van der Waals surface area contributed by atoms with Gasteiger partial charge in [0.15, 0.2) is 5.78 Å². The molecule has 0 unspecified atom stereocenters. The van der Waals surface area contributed by atoms with E-state index in [0.29, 0.717) is 28.1 Å². The van der Waals surface area contributed by atoms with Gasteiger partial charge in [0, 0.05) is 17.3 Å². The van der Waals surface area contributed by atoms with E-state index in [1.165, 1.54) is 20.2 Å². The van der Waals surface area contributed by atoms with E-state index < -0.39 is 0 Å². The van der Waals surface area contributed by atoms with Crippen molar-refractivity contribution in [3.05, 3.63) is 107 Å². The van der Waals surface area contributed by atoms with Gasteiger partial charge in [-0.05, 0) is 24.3 Å². The average Bonchev–Trinajstić information content (AvgIpc) is 3.47.